The predicted octanol–water partition coefficient (Wildman–Crippen LogP) is 3.27. The van der Waals surface area contributed by atoms with E-state index in [0.717, 1.165) is 12.8 Å². The Morgan fingerprint density at radius 1 is 1.73 bits per heavy atom. The molecule has 2 rings (SSSR count). The van der Waals surface area contributed by atoms with Crippen LogP contribution in [-0.4, -0.2) is 11.1 Å². The number of thiophene rings is 1. The zero-order chi connectivity index (χ0) is 11.0. The highest BCUT2D eigenvalue weighted by atomic mass is 32.1. The van der Waals surface area contributed by atoms with E-state index in [-0.39, 0.29) is 5.92 Å². The van der Waals surface area contributed by atoms with Crippen LogP contribution in [0.25, 0.3) is 0 Å². The summed E-state index contributed by atoms with van der Waals surface area (Å²) in [5.41, 5.74) is 1.35. The SMILES string of the molecule is Cc1ccsc1C(C)CC1CC1C(=O)O. The van der Waals surface area contributed by atoms with Gasteiger partial charge in [0.25, 0.3) is 0 Å². The predicted molar refractivity (Wildman–Crippen MR) is 61.3 cm³/mol. The molecule has 15 heavy (non-hydrogen) atoms. The third-order valence-electron chi connectivity index (χ3n) is 3.25. The van der Waals surface area contributed by atoms with Crippen molar-refractivity contribution in [1.82, 2.24) is 0 Å². The van der Waals surface area contributed by atoms with Gasteiger partial charge in [-0.25, -0.2) is 0 Å². The summed E-state index contributed by atoms with van der Waals surface area (Å²) in [7, 11) is 0. The van der Waals surface area contributed by atoms with Crippen LogP contribution < -0.4 is 0 Å². The topological polar surface area (TPSA) is 37.3 Å². The van der Waals surface area contributed by atoms with E-state index >= 15 is 0 Å². The number of rotatable bonds is 4. The van der Waals surface area contributed by atoms with Gasteiger partial charge in [-0.15, -0.1) is 11.3 Å². The van der Waals surface area contributed by atoms with E-state index in [1.165, 1.54) is 10.4 Å². The van der Waals surface area contributed by atoms with Gasteiger partial charge in [-0.3, -0.25) is 4.79 Å². The molecule has 1 aliphatic rings. The van der Waals surface area contributed by atoms with Crippen molar-refractivity contribution in [3.05, 3.63) is 21.9 Å². The van der Waals surface area contributed by atoms with E-state index in [2.05, 4.69) is 25.3 Å². The summed E-state index contributed by atoms with van der Waals surface area (Å²) in [6.45, 7) is 4.33. The second-order valence-electron chi connectivity index (χ2n) is 4.55. The van der Waals surface area contributed by atoms with Gasteiger partial charge in [0.2, 0.25) is 0 Å². The zero-order valence-electron chi connectivity index (χ0n) is 9.06. The van der Waals surface area contributed by atoms with Gasteiger partial charge in [-0.05, 0) is 48.6 Å². The van der Waals surface area contributed by atoms with E-state index in [4.69, 9.17) is 5.11 Å². The molecule has 1 aliphatic carbocycles. The molecule has 2 nitrogen and oxygen atoms in total. The lowest BCUT2D eigenvalue weighted by molar-refractivity contribution is -0.138. The summed E-state index contributed by atoms with van der Waals surface area (Å²) in [6, 6.07) is 2.14. The van der Waals surface area contributed by atoms with E-state index in [0.29, 0.717) is 11.8 Å². The Morgan fingerprint density at radius 2 is 2.47 bits per heavy atom. The molecule has 3 heteroatoms. The molecule has 1 aromatic rings. The minimum atomic E-state index is -0.616. The van der Waals surface area contributed by atoms with Crippen molar-refractivity contribution < 1.29 is 9.90 Å². The number of carbonyl (C=O) groups is 1. The van der Waals surface area contributed by atoms with Gasteiger partial charge in [0, 0.05) is 4.88 Å². The fraction of sp³-hybridized carbons (Fsp3) is 0.583. The zero-order valence-corrected chi connectivity index (χ0v) is 9.88. The molecule has 1 aromatic heterocycles. The van der Waals surface area contributed by atoms with Gasteiger partial charge in [0.15, 0.2) is 0 Å². The number of hydrogen-bond acceptors (Lipinski definition) is 2. The van der Waals surface area contributed by atoms with Crippen LogP contribution in [0.3, 0.4) is 0 Å². The Kier molecular flexibility index (Phi) is 2.83. The first kappa shape index (κ1) is 10.7. The van der Waals surface area contributed by atoms with Crippen LogP contribution in [0.4, 0.5) is 0 Å². The van der Waals surface area contributed by atoms with Gasteiger partial charge >= 0.3 is 5.97 Å². The molecule has 82 valence electrons. The van der Waals surface area contributed by atoms with Crippen LogP contribution in [0.15, 0.2) is 11.4 Å². The van der Waals surface area contributed by atoms with Crippen LogP contribution in [0.2, 0.25) is 0 Å². The highest BCUT2D eigenvalue weighted by Crippen LogP contribution is 2.46. The quantitative estimate of drug-likeness (QED) is 0.852. The van der Waals surface area contributed by atoms with Crippen LogP contribution in [-0.2, 0) is 4.79 Å². The van der Waals surface area contributed by atoms with Crippen molar-refractivity contribution >= 4 is 17.3 Å². The summed E-state index contributed by atoms with van der Waals surface area (Å²) < 4.78 is 0. The summed E-state index contributed by atoms with van der Waals surface area (Å²) in [5.74, 6) is 0.251. The number of hydrogen-bond donors (Lipinski definition) is 1. The molecule has 0 spiro atoms. The highest BCUT2D eigenvalue weighted by Gasteiger charge is 2.43. The minimum Gasteiger partial charge on any atom is -0.481 e. The largest absolute Gasteiger partial charge is 0.481 e. The number of carboxylic acid groups (broad SMARTS) is 1. The van der Waals surface area contributed by atoms with Crippen molar-refractivity contribution in [3.8, 4) is 0 Å². The molecule has 3 atom stereocenters. The molecule has 0 amide bonds. The van der Waals surface area contributed by atoms with Crippen molar-refractivity contribution in [2.24, 2.45) is 11.8 Å². The van der Waals surface area contributed by atoms with Crippen molar-refractivity contribution in [2.45, 2.75) is 32.6 Å². The molecule has 1 N–H and O–H groups in total. The first-order chi connectivity index (χ1) is 7.09. The molecule has 1 heterocycles. The molecule has 0 saturated heterocycles. The smallest absolute Gasteiger partial charge is 0.306 e. The molecule has 3 unspecified atom stereocenters. The van der Waals surface area contributed by atoms with Crippen molar-refractivity contribution in [1.29, 1.82) is 0 Å². The maximum Gasteiger partial charge on any atom is 0.306 e. The molecule has 0 bridgehead atoms. The fourth-order valence-corrected chi connectivity index (χ4v) is 3.26. The average Bonchev–Trinajstić information content (AvgIpc) is 2.79. The van der Waals surface area contributed by atoms with E-state index in [1.54, 1.807) is 11.3 Å². The summed E-state index contributed by atoms with van der Waals surface area (Å²) >= 11 is 1.79. The third-order valence-corrected chi connectivity index (χ3v) is 4.50. The second-order valence-corrected chi connectivity index (χ2v) is 5.49. The van der Waals surface area contributed by atoms with Gasteiger partial charge in [-0.1, -0.05) is 6.92 Å². The Bertz CT molecular complexity index is 369. The molecule has 0 radical (unpaired) electrons. The molecule has 0 aliphatic heterocycles. The lowest BCUT2D eigenvalue weighted by atomic mass is 9.99. The lowest BCUT2D eigenvalue weighted by Crippen LogP contribution is -2.02. The van der Waals surface area contributed by atoms with Gasteiger partial charge < -0.3 is 5.11 Å². The Morgan fingerprint density at radius 3 is 2.93 bits per heavy atom. The summed E-state index contributed by atoms with van der Waals surface area (Å²) in [5, 5.41) is 10.9. The Hall–Kier alpha value is -0.830. The average molecular weight is 224 g/mol. The number of aliphatic carboxylic acids is 1. The van der Waals surface area contributed by atoms with Crippen molar-refractivity contribution in [2.75, 3.05) is 0 Å². The molecule has 1 saturated carbocycles. The van der Waals surface area contributed by atoms with Crippen LogP contribution in [0.1, 0.15) is 36.1 Å². The number of aryl methyl sites for hydroxylation is 1. The number of carboxylic acids is 1. The van der Waals surface area contributed by atoms with Gasteiger partial charge in [0.1, 0.15) is 0 Å². The molecule has 0 aromatic carbocycles. The van der Waals surface area contributed by atoms with E-state index in [9.17, 15) is 4.79 Å². The fourth-order valence-electron chi connectivity index (χ4n) is 2.26. The van der Waals surface area contributed by atoms with E-state index in [1.807, 2.05) is 0 Å². The lowest BCUT2D eigenvalue weighted by Gasteiger charge is -2.09. The first-order valence-corrected chi connectivity index (χ1v) is 6.24. The van der Waals surface area contributed by atoms with Crippen molar-refractivity contribution in [3.63, 3.8) is 0 Å². The van der Waals surface area contributed by atoms with Gasteiger partial charge in [0.05, 0.1) is 5.92 Å². The standard InChI is InChI=1S/C12H16O2S/c1-7-3-4-15-11(7)8(2)5-9-6-10(9)12(13)14/h3-4,8-10H,5-6H2,1-2H3,(H,13,14). The van der Waals surface area contributed by atoms with Crippen LogP contribution in [0, 0.1) is 18.8 Å². The summed E-state index contributed by atoms with van der Waals surface area (Å²) in [6.07, 6.45) is 1.91. The highest BCUT2D eigenvalue weighted by molar-refractivity contribution is 7.10. The Balaban J connectivity index is 1.92. The first-order valence-electron chi connectivity index (χ1n) is 5.36. The summed E-state index contributed by atoms with van der Waals surface area (Å²) in [4.78, 5) is 12.1. The molecule has 1 fully saturated rings. The molecular weight excluding hydrogens is 208 g/mol. The monoisotopic (exact) mass is 224 g/mol. The minimum absolute atomic E-state index is 0.0623. The third kappa shape index (κ3) is 2.23. The van der Waals surface area contributed by atoms with E-state index < -0.39 is 5.97 Å². The maximum atomic E-state index is 10.7. The normalized spacial score (nSPS) is 26.3. The van der Waals surface area contributed by atoms with Crippen LogP contribution >= 0.6 is 11.3 Å². The molecular formula is C12H16O2S. The van der Waals surface area contributed by atoms with Crippen LogP contribution in [0.5, 0.6) is 0 Å². The maximum absolute atomic E-state index is 10.7. The second kappa shape index (κ2) is 3.97. The van der Waals surface area contributed by atoms with Gasteiger partial charge in [-0.2, -0.15) is 0 Å². The Labute approximate surface area is 93.9 Å².